The number of carbonyl (C=O) groups excluding carboxylic acids is 4. The van der Waals surface area contributed by atoms with Crippen LogP contribution in [0.4, 0.5) is 13.2 Å². The molecule has 9 nitrogen and oxygen atoms in total. The van der Waals surface area contributed by atoms with Crippen molar-refractivity contribution in [3.05, 3.63) is 71.0 Å². The Balaban J connectivity index is 1.50. The lowest BCUT2D eigenvalue weighted by Crippen LogP contribution is -2.54. The number of halogens is 3. The molecule has 0 aliphatic carbocycles. The summed E-state index contributed by atoms with van der Waals surface area (Å²) in [5, 5.41) is 2.72. The van der Waals surface area contributed by atoms with Gasteiger partial charge in [-0.2, -0.15) is 0 Å². The molecular weight excluding hydrogens is 539 g/mol. The molecule has 4 amide bonds. The second-order valence-electron chi connectivity index (χ2n) is 10.6. The predicted octanol–water partition coefficient (Wildman–Crippen LogP) is 1.56. The molecule has 0 saturated carbocycles. The van der Waals surface area contributed by atoms with Crippen LogP contribution in [0.5, 0.6) is 0 Å². The number of hydrogen-bond acceptors (Lipinski definition) is 5. The average molecular weight is 574 g/mol. The Kier molecular flexibility index (Phi) is 9.64. The molecule has 2 saturated heterocycles. The van der Waals surface area contributed by atoms with Gasteiger partial charge in [0.15, 0.2) is 11.6 Å². The van der Waals surface area contributed by atoms with E-state index >= 15 is 0 Å². The molecule has 3 unspecified atom stereocenters. The van der Waals surface area contributed by atoms with Gasteiger partial charge in [0.2, 0.25) is 23.6 Å². The number of amides is 4. The fourth-order valence-electron chi connectivity index (χ4n) is 5.62. The van der Waals surface area contributed by atoms with Crippen LogP contribution in [0.3, 0.4) is 0 Å². The van der Waals surface area contributed by atoms with Gasteiger partial charge in [0.05, 0.1) is 6.04 Å². The van der Waals surface area contributed by atoms with Gasteiger partial charge < -0.3 is 26.6 Å². The summed E-state index contributed by atoms with van der Waals surface area (Å²) >= 11 is 0. The van der Waals surface area contributed by atoms with E-state index in [0.717, 1.165) is 5.56 Å². The summed E-state index contributed by atoms with van der Waals surface area (Å²) in [4.78, 5) is 54.3. The van der Waals surface area contributed by atoms with E-state index in [1.165, 1.54) is 9.80 Å². The molecule has 0 aromatic heterocycles. The lowest BCUT2D eigenvalue weighted by atomic mass is 10.0. The number of nitrogens with zero attached hydrogens (tertiary/aromatic N) is 2. The van der Waals surface area contributed by atoms with Gasteiger partial charge in [-0.05, 0) is 55.7 Å². The summed E-state index contributed by atoms with van der Waals surface area (Å²) < 4.78 is 42.0. The second-order valence-corrected chi connectivity index (χ2v) is 10.6. The number of nitrogens with one attached hydrogen (secondary N) is 1. The van der Waals surface area contributed by atoms with Crippen LogP contribution in [0.25, 0.3) is 0 Å². The number of benzene rings is 2. The number of nitrogens with two attached hydrogens (primary N) is 2. The second kappa shape index (κ2) is 13.2. The van der Waals surface area contributed by atoms with E-state index in [-0.39, 0.29) is 31.4 Å². The molecule has 4 rings (SSSR count). The van der Waals surface area contributed by atoms with Gasteiger partial charge in [-0.3, -0.25) is 19.2 Å². The molecule has 0 radical (unpaired) electrons. The highest BCUT2D eigenvalue weighted by molar-refractivity contribution is 5.91. The lowest BCUT2D eigenvalue weighted by molar-refractivity contribution is -0.140. The van der Waals surface area contributed by atoms with Gasteiger partial charge in [-0.25, -0.2) is 13.2 Å². The van der Waals surface area contributed by atoms with Crippen LogP contribution in [0.1, 0.15) is 43.2 Å². The van der Waals surface area contributed by atoms with Crippen LogP contribution in [0.2, 0.25) is 0 Å². The number of primary amides is 1. The molecule has 220 valence electrons. The molecule has 2 aromatic carbocycles. The number of hydrogen-bond donors (Lipinski definition) is 3. The van der Waals surface area contributed by atoms with Gasteiger partial charge in [0.25, 0.3) is 0 Å². The standard InChI is InChI=1S/C29H34F3N5O4/c30-20-16-22(32)21(31)14-18(20)13-19(15-26(38)36-10-4-8-24(36)27(34)39)35-28(40)25-9-5-11-37(25)29(41)23(33)12-17-6-2-1-3-7-17/h1-3,6-7,14,16,19,23-25H,4-5,8-13,15,33H2,(H2,34,39)(H,35,40)/t19-,23?,24?,25?/m1/s1. The summed E-state index contributed by atoms with van der Waals surface area (Å²) in [5.74, 6) is -5.79. The largest absolute Gasteiger partial charge is 0.368 e. The van der Waals surface area contributed by atoms with Crippen molar-refractivity contribution in [2.45, 2.75) is 69.1 Å². The molecule has 41 heavy (non-hydrogen) atoms. The van der Waals surface area contributed by atoms with Crippen molar-refractivity contribution in [2.24, 2.45) is 11.5 Å². The van der Waals surface area contributed by atoms with E-state index in [1.54, 1.807) is 0 Å². The van der Waals surface area contributed by atoms with Gasteiger partial charge in [0, 0.05) is 31.6 Å². The zero-order valence-electron chi connectivity index (χ0n) is 22.5. The van der Waals surface area contributed by atoms with E-state index in [2.05, 4.69) is 5.32 Å². The molecule has 2 aliphatic rings. The maximum atomic E-state index is 14.5. The smallest absolute Gasteiger partial charge is 0.243 e. The Bertz CT molecular complexity index is 1290. The Morgan fingerprint density at radius 2 is 1.51 bits per heavy atom. The molecule has 2 fully saturated rings. The summed E-state index contributed by atoms with van der Waals surface area (Å²) in [7, 11) is 0. The Morgan fingerprint density at radius 1 is 0.878 bits per heavy atom. The van der Waals surface area contributed by atoms with Crippen molar-refractivity contribution in [3.63, 3.8) is 0 Å². The van der Waals surface area contributed by atoms with E-state index < -0.39 is 65.2 Å². The fraction of sp³-hybridized carbons (Fsp3) is 0.448. The summed E-state index contributed by atoms with van der Waals surface area (Å²) in [5.41, 5.74) is 12.3. The highest BCUT2D eigenvalue weighted by atomic mass is 19.2. The van der Waals surface area contributed by atoms with E-state index in [9.17, 15) is 32.3 Å². The third-order valence-corrected chi connectivity index (χ3v) is 7.68. The number of rotatable bonds is 10. The Labute approximate surface area is 236 Å². The van der Waals surface area contributed by atoms with Gasteiger partial charge in [0.1, 0.15) is 17.9 Å². The molecule has 4 atom stereocenters. The Morgan fingerprint density at radius 3 is 2.20 bits per heavy atom. The number of likely N-dealkylation sites (tertiary alicyclic amines) is 2. The quantitative estimate of drug-likeness (QED) is 0.371. The van der Waals surface area contributed by atoms with Crippen molar-refractivity contribution in [3.8, 4) is 0 Å². The fourth-order valence-corrected chi connectivity index (χ4v) is 5.62. The van der Waals surface area contributed by atoms with E-state index in [0.29, 0.717) is 44.4 Å². The monoisotopic (exact) mass is 573 g/mol. The first-order valence-electron chi connectivity index (χ1n) is 13.7. The minimum absolute atomic E-state index is 0.237. The molecule has 2 aliphatic heterocycles. The predicted molar refractivity (Wildman–Crippen MR) is 143 cm³/mol. The zero-order chi connectivity index (χ0) is 29.7. The SMILES string of the molecule is NC(=O)C1CCCN1C(=O)C[C@@H](Cc1cc(F)c(F)cc1F)NC(=O)C1CCCN1C(=O)C(N)Cc1ccccc1. The van der Waals surface area contributed by atoms with Crippen LogP contribution in [-0.4, -0.2) is 70.7 Å². The average Bonchev–Trinajstić information content (AvgIpc) is 3.62. The molecule has 12 heteroatoms. The normalized spacial score (nSPS) is 20.1. The molecule has 0 spiro atoms. The minimum Gasteiger partial charge on any atom is -0.368 e. The van der Waals surface area contributed by atoms with Crippen LogP contribution < -0.4 is 16.8 Å². The van der Waals surface area contributed by atoms with Crippen molar-refractivity contribution >= 4 is 23.6 Å². The summed E-state index contributed by atoms with van der Waals surface area (Å²) in [6.07, 6.45) is 1.48. The van der Waals surface area contributed by atoms with Gasteiger partial charge in [-0.1, -0.05) is 30.3 Å². The summed E-state index contributed by atoms with van der Waals surface area (Å²) in [6, 6.07) is 6.72. The topological polar surface area (TPSA) is 139 Å². The van der Waals surface area contributed by atoms with Gasteiger partial charge in [-0.15, -0.1) is 0 Å². The molecule has 5 N–H and O–H groups in total. The van der Waals surface area contributed by atoms with Crippen LogP contribution in [0.15, 0.2) is 42.5 Å². The van der Waals surface area contributed by atoms with Crippen LogP contribution in [-0.2, 0) is 32.0 Å². The summed E-state index contributed by atoms with van der Waals surface area (Å²) in [6.45, 7) is 0.603. The van der Waals surface area contributed by atoms with Crippen molar-refractivity contribution in [1.29, 1.82) is 0 Å². The zero-order valence-corrected chi connectivity index (χ0v) is 22.5. The third-order valence-electron chi connectivity index (χ3n) is 7.68. The van der Waals surface area contributed by atoms with Crippen molar-refractivity contribution in [2.75, 3.05) is 13.1 Å². The first kappa shape index (κ1) is 30.0. The van der Waals surface area contributed by atoms with Gasteiger partial charge >= 0.3 is 0 Å². The molecule has 2 heterocycles. The maximum Gasteiger partial charge on any atom is 0.243 e. The van der Waals surface area contributed by atoms with Crippen molar-refractivity contribution in [1.82, 2.24) is 15.1 Å². The first-order valence-corrected chi connectivity index (χ1v) is 13.7. The molecule has 2 aromatic rings. The third kappa shape index (κ3) is 7.24. The van der Waals surface area contributed by atoms with E-state index in [4.69, 9.17) is 11.5 Å². The highest BCUT2D eigenvalue weighted by Crippen LogP contribution is 2.23. The number of carbonyl (C=O) groups is 4. The first-order chi connectivity index (χ1) is 19.5. The molecule has 0 bridgehead atoms. The Hall–Kier alpha value is -3.93. The highest BCUT2D eigenvalue weighted by Gasteiger charge is 2.38. The lowest BCUT2D eigenvalue weighted by Gasteiger charge is -2.29. The van der Waals surface area contributed by atoms with Crippen LogP contribution >= 0.6 is 0 Å². The van der Waals surface area contributed by atoms with E-state index in [1.807, 2.05) is 30.3 Å². The minimum atomic E-state index is -1.36. The molecular formula is C29H34F3N5O4. The van der Waals surface area contributed by atoms with Crippen molar-refractivity contribution < 1.29 is 32.3 Å². The maximum absolute atomic E-state index is 14.5. The van der Waals surface area contributed by atoms with Crippen LogP contribution in [0, 0.1) is 17.5 Å².